The van der Waals surface area contributed by atoms with Gasteiger partial charge >= 0.3 is 0 Å². The highest BCUT2D eigenvalue weighted by Gasteiger charge is 2.26. The van der Waals surface area contributed by atoms with Gasteiger partial charge in [0.25, 0.3) is 5.91 Å². The van der Waals surface area contributed by atoms with Crippen LogP contribution in [0.4, 0.5) is 10.1 Å². The van der Waals surface area contributed by atoms with Crippen LogP contribution in [0.1, 0.15) is 40.7 Å². The van der Waals surface area contributed by atoms with Gasteiger partial charge in [-0.15, -0.1) is 0 Å². The zero-order valence-electron chi connectivity index (χ0n) is 18.7. The van der Waals surface area contributed by atoms with E-state index in [-0.39, 0.29) is 28.5 Å². The van der Waals surface area contributed by atoms with E-state index in [4.69, 9.17) is 15.1 Å². The third-order valence-electron chi connectivity index (χ3n) is 6.48. The Morgan fingerprint density at radius 3 is 2.47 bits per heavy atom. The van der Waals surface area contributed by atoms with Gasteiger partial charge in [0.1, 0.15) is 11.9 Å². The lowest BCUT2D eigenvalue weighted by molar-refractivity contribution is 0.0577. The Morgan fingerprint density at radius 1 is 1.15 bits per heavy atom. The Bertz CT molecular complexity index is 1220. The number of carbonyl (C=O) groups is 1. The molecule has 1 amide bonds. The third kappa shape index (κ3) is 5.38. The van der Waals surface area contributed by atoms with Crippen molar-refractivity contribution < 1.29 is 22.3 Å². The molecule has 0 atom stereocenters. The number of hydrogen-bond acceptors (Lipinski definition) is 6. The maximum atomic E-state index is 14.0. The fraction of sp³-hybridized carbons (Fsp3) is 0.417. The molecule has 180 valence electrons. The summed E-state index contributed by atoms with van der Waals surface area (Å²) in [6, 6.07) is 10.6. The fourth-order valence-electron chi connectivity index (χ4n) is 4.18. The average molecular weight is 487 g/mol. The van der Waals surface area contributed by atoms with Crippen molar-refractivity contribution in [1.29, 1.82) is 5.26 Å². The predicted molar refractivity (Wildman–Crippen MR) is 124 cm³/mol. The molecule has 0 bridgehead atoms. The van der Waals surface area contributed by atoms with E-state index in [1.54, 1.807) is 23.1 Å². The van der Waals surface area contributed by atoms with E-state index in [1.807, 2.05) is 4.90 Å². The smallest absolute Gasteiger partial charge is 0.254 e. The Kier molecular flexibility index (Phi) is 7.16. The topological polar surface area (TPSA) is 117 Å². The normalized spacial score (nSPS) is 16.7. The minimum atomic E-state index is -3.97. The molecule has 0 unspecified atom stereocenters. The number of benzene rings is 2. The summed E-state index contributed by atoms with van der Waals surface area (Å²) in [6.45, 7) is 2.53. The van der Waals surface area contributed by atoms with E-state index in [9.17, 15) is 17.6 Å². The molecule has 2 aliphatic rings. The van der Waals surface area contributed by atoms with Crippen LogP contribution in [0.15, 0.2) is 41.3 Å². The van der Waals surface area contributed by atoms with Crippen molar-refractivity contribution in [3.63, 3.8) is 0 Å². The first-order valence-corrected chi connectivity index (χ1v) is 12.8. The Hall–Kier alpha value is -3.00. The molecule has 2 fully saturated rings. The summed E-state index contributed by atoms with van der Waals surface area (Å²) in [5.74, 6) is -0.328. The molecule has 10 heteroatoms. The number of nitriles is 1. The minimum absolute atomic E-state index is 0.0145. The summed E-state index contributed by atoms with van der Waals surface area (Å²) in [5.41, 5.74) is 1.51. The Morgan fingerprint density at radius 2 is 1.88 bits per heavy atom. The predicted octanol–water partition coefficient (Wildman–Crippen LogP) is 2.62. The summed E-state index contributed by atoms with van der Waals surface area (Å²) < 4.78 is 43.6. The van der Waals surface area contributed by atoms with Gasteiger partial charge < -0.3 is 14.5 Å². The minimum Gasteiger partial charge on any atom is -0.376 e. The van der Waals surface area contributed by atoms with Crippen LogP contribution in [0.5, 0.6) is 0 Å². The second kappa shape index (κ2) is 10.1. The molecular formula is C24H27FN4O4S. The maximum Gasteiger partial charge on any atom is 0.254 e. The zero-order valence-corrected chi connectivity index (χ0v) is 19.6. The van der Waals surface area contributed by atoms with Gasteiger partial charge in [-0.3, -0.25) is 4.79 Å². The first kappa shape index (κ1) is 24.1. The fourth-order valence-corrected chi connectivity index (χ4v) is 4.72. The molecule has 1 saturated heterocycles. The number of primary sulfonamides is 1. The van der Waals surface area contributed by atoms with Gasteiger partial charge in [0.15, 0.2) is 0 Å². The van der Waals surface area contributed by atoms with Gasteiger partial charge in [-0.05, 0) is 54.7 Å². The van der Waals surface area contributed by atoms with Crippen molar-refractivity contribution in [2.75, 3.05) is 37.7 Å². The van der Waals surface area contributed by atoms with Crippen molar-refractivity contribution in [1.82, 2.24) is 4.90 Å². The van der Waals surface area contributed by atoms with E-state index in [0.29, 0.717) is 50.0 Å². The standard InChI is InChI=1S/C24H27FN4O4S/c25-23-12-20(6-4-18(23)14-26)28-8-10-29(11-9-28)24(30)22-13-21(34(27,31)32)7-5-19(22)16-33-15-17-2-1-3-17/h4-7,12-13,17H,1-3,8-11,15-16H2,(H2,27,31,32). The first-order chi connectivity index (χ1) is 16.3. The quantitative estimate of drug-likeness (QED) is 0.643. The van der Waals surface area contributed by atoms with Crippen molar-refractivity contribution >= 4 is 21.6 Å². The molecule has 2 N–H and O–H groups in total. The molecule has 0 radical (unpaired) electrons. The monoisotopic (exact) mass is 486 g/mol. The number of piperazine rings is 1. The van der Waals surface area contributed by atoms with Gasteiger partial charge in [-0.2, -0.15) is 5.26 Å². The van der Waals surface area contributed by atoms with Crippen LogP contribution in [-0.2, 0) is 21.4 Å². The van der Waals surface area contributed by atoms with Crippen LogP contribution >= 0.6 is 0 Å². The van der Waals surface area contributed by atoms with Crippen LogP contribution in [0.3, 0.4) is 0 Å². The summed E-state index contributed by atoms with van der Waals surface area (Å²) in [7, 11) is -3.97. The highest BCUT2D eigenvalue weighted by Crippen LogP contribution is 2.27. The van der Waals surface area contributed by atoms with Crippen molar-refractivity contribution in [2.24, 2.45) is 11.1 Å². The molecule has 8 nitrogen and oxygen atoms in total. The lowest BCUT2D eigenvalue weighted by Crippen LogP contribution is -2.49. The summed E-state index contributed by atoms with van der Waals surface area (Å²) >= 11 is 0. The van der Waals surface area contributed by atoms with E-state index < -0.39 is 15.8 Å². The molecular weight excluding hydrogens is 459 g/mol. The Labute approximate surface area is 198 Å². The number of amides is 1. The lowest BCUT2D eigenvalue weighted by atomic mass is 9.86. The maximum absolute atomic E-state index is 14.0. The molecule has 2 aromatic rings. The second-order valence-electron chi connectivity index (χ2n) is 8.73. The highest BCUT2D eigenvalue weighted by molar-refractivity contribution is 7.89. The molecule has 0 aromatic heterocycles. The largest absolute Gasteiger partial charge is 0.376 e. The first-order valence-electron chi connectivity index (χ1n) is 11.2. The van der Waals surface area contributed by atoms with Crippen LogP contribution in [-0.4, -0.2) is 52.0 Å². The van der Waals surface area contributed by atoms with Crippen molar-refractivity contribution in [3.05, 3.63) is 58.9 Å². The van der Waals surface area contributed by atoms with Crippen LogP contribution in [0.2, 0.25) is 0 Å². The lowest BCUT2D eigenvalue weighted by Gasteiger charge is -2.36. The molecule has 1 aliphatic heterocycles. The number of halogens is 1. The van der Waals surface area contributed by atoms with Gasteiger partial charge in [-0.25, -0.2) is 17.9 Å². The number of nitrogens with zero attached hydrogens (tertiary/aromatic N) is 3. The number of nitrogens with two attached hydrogens (primary N) is 1. The molecule has 1 saturated carbocycles. The second-order valence-corrected chi connectivity index (χ2v) is 10.3. The third-order valence-corrected chi connectivity index (χ3v) is 7.39. The van der Waals surface area contributed by atoms with Crippen LogP contribution in [0, 0.1) is 23.1 Å². The SMILES string of the molecule is N#Cc1ccc(N2CCN(C(=O)c3cc(S(N)(=O)=O)ccc3COCC3CCC3)CC2)cc1F. The highest BCUT2D eigenvalue weighted by atomic mass is 32.2. The zero-order chi connectivity index (χ0) is 24.3. The summed E-state index contributed by atoms with van der Waals surface area (Å²) in [4.78, 5) is 16.8. The summed E-state index contributed by atoms with van der Waals surface area (Å²) in [5, 5.41) is 14.2. The Balaban J connectivity index is 1.47. The van der Waals surface area contributed by atoms with E-state index in [1.165, 1.54) is 30.7 Å². The average Bonchev–Trinajstić information content (AvgIpc) is 2.79. The number of sulfonamides is 1. The number of carbonyl (C=O) groups excluding carboxylic acids is 1. The molecule has 34 heavy (non-hydrogen) atoms. The van der Waals surface area contributed by atoms with Gasteiger partial charge in [0.2, 0.25) is 10.0 Å². The van der Waals surface area contributed by atoms with Gasteiger partial charge in [0, 0.05) is 44.0 Å². The van der Waals surface area contributed by atoms with E-state index in [2.05, 4.69) is 0 Å². The van der Waals surface area contributed by atoms with Gasteiger partial charge in [0.05, 0.1) is 17.1 Å². The van der Waals surface area contributed by atoms with E-state index >= 15 is 0 Å². The number of ether oxygens (including phenoxy) is 1. The number of anilines is 1. The van der Waals surface area contributed by atoms with Crippen LogP contribution in [0.25, 0.3) is 0 Å². The van der Waals surface area contributed by atoms with Crippen molar-refractivity contribution in [2.45, 2.75) is 30.8 Å². The molecule has 0 spiro atoms. The van der Waals surface area contributed by atoms with E-state index in [0.717, 1.165) is 12.8 Å². The summed E-state index contributed by atoms with van der Waals surface area (Å²) in [6.07, 6.45) is 3.50. The molecule has 1 heterocycles. The van der Waals surface area contributed by atoms with Crippen LogP contribution < -0.4 is 10.0 Å². The molecule has 1 aliphatic carbocycles. The number of rotatable bonds is 7. The molecule has 4 rings (SSSR count). The molecule has 2 aromatic carbocycles. The van der Waals surface area contributed by atoms with Crippen molar-refractivity contribution in [3.8, 4) is 6.07 Å². The van der Waals surface area contributed by atoms with Gasteiger partial charge in [-0.1, -0.05) is 12.5 Å². The number of hydrogen-bond donors (Lipinski definition) is 1.